The van der Waals surface area contributed by atoms with Crippen LogP contribution in [0.1, 0.15) is 28.0 Å². The normalized spacial score (nSPS) is 10.3. The number of hydrogen-bond donors (Lipinski definition) is 3. The summed E-state index contributed by atoms with van der Waals surface area (Å²) in [5, 5.41) is 9.47. The summed E-state index contributed by atoms with van der Waals surface area (Å²) in [7, 11) is 0. The van der Waals surface area contributed by atoms with Crippen molar-refractivity contribution >= 4 is 34.8 Å². The SMILES string of the molecule is Cc1c(Cl)cccc1NC(=O)CCNc1ccnc(C(=O)NCc2ccccc2)c1. The van der Waals surface area contributed by atoms with Crippen molar-refractivity contribution in [1.82, 2.24) is 10.3 Å². The van der Waals surface area contributed by atoms with Crippen molar-refractivity contribution in [2.45, 2.75) is 19.9 Å². The quantitative estimate of drug-likeness (QED) is 0.502. The molecule has 154 valence electrons. The molecule has 0 spiro atoms. The smallest absolute Gasteiger partial charge is 0.270 e. The lowest BCUT2D eigenvalue weighted by Gasteiger charge is -2.11. The Morgan fingerprint density at radius 3 is 2.63 bits per heavy atom. The minimum Gasteiger partial charge on any atom is -0.384 e. The van der Waals surface area contributed by atoms with Crippen LogP contribution in [0.25, 0.3) is 0 Å². The molecule has 7 heteroatoms. The van der Waals surface area contributed by atoms with Gasteiger partial charge in [-0.2, -0.15) is 0 Å². The maximum Gasteiger partial charge on any atom is 0.270 e. The van der Waals surface area contributed by atoms with Gasteiger partial charge in [0.25, 0.3) is 5.91 Å². The lowest BCUT2D eigenvalue weighted by atomic mass is 10.2. The molecule has 2 amide bonds. The van der Waals surface area contributed by atoms with Gasteiger partial charge in [0.15, 0.2) is 0 Å². The topological polar surface area (TPSA) is 83.1 Å². The number of anilines is 2. The Balaban J connectivity index is 1.48. The first kappa shape index (κ1) is 21.3. The zero-order chi connectivity index (χ0) is 21.3. The van der Waals surface area contributed by atoms with E-state index in [1.165, 1.54) is 0 Å². The highest BCUT2D eigenvalue weighted by Gasteiger charge is 2.09. The predicted molar refractivity (Wildman–Crippen MR) is 120 cm³/mol. The summed E-state index contributed by atoms with van der Waals surface area (Å²) in [6.45, 7) is 2.71. The third kappa shape index (κ3) is 6.06. The summed E-state index contributed by atoms with van der Waals surface area (Å²) < 4.78 is 0. The fourth-order valence-electron chi connectivity index (χ4n) is 2.81. The number of carbonyl (C=O) groups is 2. The van der Waals surface area contributed by atoms with Crippen LogP contribution in [0.4, 0.5) is 11.4 Å². The first-order chi connectivity index (χ1) is 14.5. The minimum atomic E-state index is -0.253. The first-order valence-electron chi connectivity index (χ1n) is 9.60. The summed E-state index contributed by atoms with van der Waals surface area (Å²) in [6.07, 6.45) is 1.83. The second kappa shape index (κ2) is 10.4. The molecule has 0 radical (unpaired) electrons. The summed E-state index contributed by atoms with van der Waals surface area (Å²) in [6, 6.07) is 18.5. The van der Waals surface area contributed by atoms with E-state index in [0.29, 0.717) is 29.5 Å². The van der Waals surface area contributed by atoms with E-state index in [0.717, 1.165) is 16.8 Å². The Morgan fingerprint density at radius 1 is 1.03 bits per heavy atom. The van der Waals surface area contributed by atoms with Crippen molar-refractivity contribution in [2.24, 2.45) is 0 Å². The summed E-state index contributed by atoms with van der Waals surface area (Å²) >= 11 is 6.08. The molecule has 3 rings (SSSR count). The highest BCUT2D eigenvalue weighted by atomic mass is 35.5. The third-order valence-corrected chi connectivity index (χ3v) is 4.92. The Bertz CT molecular complexity index is 1020. The molecule has 0 fully saturated rings. The molecule has 0 saturated heterocycles. The van der Waals surface area contributed by atoms with Crippen LogP contribution in [0.3, 0.4) is 0 Å². The van der Waals surface area contributed by atoms with Gasteiger partial charge in [-0.15, -0.1) is 0 Å². The zero-order valence-corrected chi connectivity index (χ0v) is 17.4. The molecule has 0 atom stereocenters. The van der Waals surface area contributed by atoms with E-state index in [1.807, 2.05) is 43.3 Å². The molecular weight excluding hydrogens is 400 g/mol. The van der Waals surface area contributed by atoms with Gasteiger partial charge in [0, 0.05) is 42.1 Å². The number of benzene rings is 2. The van der Waals surface area contributed by atoms with Gasteiger partial charge in [0.2, 0.25) is 5.91 Å². The standard InChI is InChI=1S/C23H23ClN4O2/c1-16-19(24)8-5-9-20(16)28-22(29)11-13-25-18-10-12-26-21(14-18)23(30)27-15-17-6-3-2-4-7-17/h2-10,12,14H,11,13,15H2,1H3,(H,25,26)(H,27,30)(H,28,29). The highest BCUT2D eigenvalue weighted by molar-refractivity contribution is 6.31. The van der Waals surface area contributed by atoms with Crippen molar-refractivity contribution < 1.29 is 9.59 Å². The van der Waals surface area contributed by atoms with Crippen molar-refractivity contribution in [3.8, 4) is 0 Å². The summed E-state index contributed by atoms with van der Waals surface area (Å²) in [5.41, 5.74) is 3.59. The van der Waals surface area contributed by atoms with E-state index in [-0.39, 0.29) is 18.2 Å². The molecule has 30 heavy (non-hydrogen) atoms. The lowest BCUT2D eigenvalue weighted by Crippen LogP contribution is -2.24. The van der Waals surface area contributed by atoms with E-state index in [4.69, 9.17) is 11.6 Å². The number of hydrogen-bond acceptors (Lipinski definition) is 4. The number of nitrogens with zero attached hydrogens (tertiary/aromatic N) is 1. The van der Waals surface area contributed by atoms with Crippen LogP contribution in [0.2, 0.25) is 5.02 Å². The number of nitrogens with one attached hydrogen (secondary N) is 3. The van der Waals surface area contributed by atoms with Crippen LogP contribution < -0.4 is 16.0 Å². The molecule has 0 unspecified atom stereocenters. The molecule has 0 bridgehead atoms. The number of pyridine rings is 1. The average Bonchev–Trinajstić information content (AvgIpc) is 2.76. The maximum atomic E-state index is 12.3. The van der Waals surface area contributed by atoms with Crippen LogP contribution in [0.15, 0.2) is 66.9 Å². The highest BCUT2D eigenvalue weighted by Crippen LogP contribution is 2.23. The van der Waals surface area contributed by atoms with Gasteiger partial charge in [0.1, 0.15) is 5.69 Å². The van der Waals surface area contributed by atoms with Crippen molar-refractivity contribution in [2.75, 3.05) is 17.2 Å². The molecule has 3 N–H and O–H groups in total. The van der Waals surface area contributed by atoms with Gasteiger partial charge in [-0.3, -0.25) is 14.6 Å². The van der Waals surface area contributed by atoms with Crippen LogP contribution in [0, 0.1) is 6.92 Å². The fraction of sp³-hybridized carbons (Fsp3) is 0.174. The van der Waals surface area contributed by atoms with Crippen LogP contribution in [-0.4, -0.2) is 23.3 Å². The van der Waals surface area contributed by atoms with Gasteiger partial charge in [-0.1, -0.05) is 48.0 Å². The van der Waals surface area contributed by atoms with E-state index < -0.39 is 0 Å². The molecular formula is C23H23ClN4O2. The molecule has 0 aliphatic heterocycles. The van der Waals surface area contributed by atoms with Gasteiger partial charge >= 0.3 is 0 Å². The molecule has 0 saturated carbocycles. The predicted octanol–water partition coefficient (Wildman–Crippen LogP) is 4.41. The largest absolute Gasteiger partial charge is 0.384 e. The molecule has 1 aromatic heterocycles. The van der Waals surface area contributed by atoms with Crippen molar-refractivity contribution in [3.63, 3.8) is 0 Å². The molecule has 2 aromatic carbocycles. The second-order valence-electron chi connectivity index (χ2n) is 6.74. The Morgan fingerprint density at radius 2 is 1.83 bits per heavy atom. The van der Waals surface area contributed by atoms with E-state index in [9.17, 15) is 9.59 Å². The maximum absolute atomic E-state index is 12.3. The van der Waals surface area contributed by atoms with Crippen molar-refractivity contribution in [3.05, 3.63) is 88.7 Å². The molecule has 3 aromatic rings. The summed E-state index contributed by atoms with van der Waals surface area (Å²) in [4.78, 5) is 28.7. The van der Waals surface area contributed by atoms with E-state index >= 15 is 0 Å². The Kier molecular flexibility index (Phi) is 7.40. The number of carbonyl (C=O) groups excluding carboxylic acids is 2. The first-order valence-corrected chi connectivity index (χ1v) is 9.98. The summed E-state index contributed by atoms with van der Waals surface area (Å²) in [5.74, 6) is -0.376. The minimum absolute atomic E-state index is 0.122. The number of rotatable bonds is 8. The lowest BCUT2D eigenvalue weighted by molar-refractivity contribution is -0.115. The van der Waals surface area contributed by atoms with Crippen LogP contribution >= 0.6 is 11.6 Å². The molecule has 0 aliphatic rings. The molecule has 6 nitrogen and oxygen atoms in total. The Hall–Kier alpha value is -3.38. The zero-order valence-electron chi connectivity index (χ0n) is 16.6. The number of amides is 2. The van der Waals surface area contributed by atoms with Gasteiger partial charge < -0.3 is 16.0 Å². The third-order valence-electron chi connectivity index (χ3n) is 4.51. The Labute approximate surface area is 180 Å². The van der Waals surface area contributed by atoms with Gasteiger partial charge in [-0.25, -0.2) is 0 Å². The van der Waals surface area contributed by atoms with Gasteiger partial charge in [0.05, 0.1) is 0 Å². The van der Waals surface area contributed by atoms with E-state index in [2.05, 4.69) is 20.9 Å². The van der Waals surface area contributed by atoms with Gasteiger partial charge in [-0.05, 0) is 42.3 Å². The molecule has 0 aliphatic carbocycles. The van der Waals surface area contributed by atoms with Crippen molar-refractivity contribution in [1.29, 1.82) is 0 Å². The van der Waals surface area contributed by atoms with Crippen LogP contribution in [0.5, 0.6) is 0 Å². The monoisotopic (exact) mass is 422 g/mol. The van der Waals surface area contributed by atoms with E-state index in [1.54, 1.807) is 30.5 Å². The fourth-order valence-corrected chi connectivity index (χ4v) is 2.98. The molecule has 1 heterocycles. The van der Waals surface area contributed by atoms with Crippen LogP contribution in [-0.2, 0) is 11.3 Å². The number of aromatic nitrogens is 1. The number of halogens is 1. The second-order valence-corrected chi connectivity index (χ2v) is 7.14. The average molecular weight is 423 g/mol.